The summed E-state index contributed by atoms with van der Waals surface area (Å²) in [7, 11) is 0. The van der Waals surface area contributed by atoms with E-state index in [1.165, 1.54) is 0 Å². The predicted octanol–water partition coefficient (Wildman–Crippen LogP) is 2.16. The Balaban J connectivity index is 4.32. The van der Waals surface area contributed by atoms with Crippen LogP contribution in [0.4, 0.5) is 0 Å². The molecule has 0 aliphatic rings. The Kier molecular flexibility index (Phi) is 6.01. The van der Waals surface area contributed by atoms with E-state index in [0.717, 1.165) is 6.42 Å². The van der Waals surface area contributed by atoms with Crippen LogP contribution in [0.2, 0.25) is 0 Å². The largest absolute Gasteiger partial charge is 0.353 e. The van der Waals surface area contributed by atoms with Gasteiger partial charge in [-0.05, 0) is 24.7 Å². The average molecular weight is 228 g/mol. The topological polar surface area (TPSA) is 55.1 Å². The minimum Gasteiger partial charge on any atom is -0.353 e. The highest BCUT2D eigenvalue weighted by Gasteiger charge is 2.25. The Morgan fingerprint density at radius 1 is 1.25 bits per heavy atom. The number of nitrogens with one attached hydrogen (secondary N) is 1. The van der Waals surface area contributed by atoms with Crippen LogP contribution in [0.15, 0.2) is 0 Å². The molecule has 3 nitrogen and oxygen atoms in total. The van der Waals surface area contributed by atoms with Crippen LogP contribution in [0.25, 0.3) is 0 Å². The molecule has 0 saturated heterocycles. The number of rotatable bonds is 5. The van der Waals surface area contributed by atoms with Crippen molar-refractivity contribution in [2.45, 2.75) is 54.0 Å². The maximum absolute atomic E-state index is 12.0. The van der Waals surface area contributed by atoms with E-state index in [0.29, 0.717) is 12.5 Å². The van der Waals surface area contributed by atoms with E-state index in [1.54, 1.807) is 0 Å². The summed E-state index contributed by atoms with van der Waals surface area (Å²) in [6.07, 6.45) is 0.860. The number of carbonyl (C=O) groups is 1. The molecule has 0 fully saturated rings. The van der Waals surface area contributed by atoms with Gasteiger partial charge in [-0.25, -0.2) is 0 Å². The fourth-order valence-electron chi connectivity index (χ4n) is 1.43. The van der Waals surface area contributed by atoms with Gasteiger partial charge in [0.1, 0.15) is 0 Å². The van der Waals surface area contributed by atoms with Gasteiger partial charge in [0.25, 0.3) is 0 Å². The molecule has 0 bridgehead atoms. The first-order valence-corrected chi connectivity index (χ1v) is 6.19. The number of amides is 1. The van der Waals surface area contributed by atoms with Crippen molar-refractivity contribution in [1.29, 1.82) is 0 Å². The average Bonchev–Trinajstić information content (AvgIpc) is 2.11. The zero-order chi connectivity index (χ0) is 12.9. The highest BCUT2D eigenvalue weighted by molar-refractivity contribution is 5.79. The van der Waals surface area contributed by atoms with Crippen LogP contribution in [0, 0.1) is 17.3 Å². The Bertz CT molecular complexity index is 218. The second kappa shape index (κ2) is 6.24. The lowest BCUT2D eigenvalue weighted by Gasteiger charge is -2.30. The molecule has 3 heteroatoms. The zero-order valence-electron chi connectivity index (χ0n) is 11.6. The third-order valence-corrected chi connectivity index (χ3v) is 3.07. The van der Waals surface area contributed by atoms with E-state index in [2.05, 4.69) is 39.9 Å². The number of carbonyl (C=O) groups excluding carboxylic acids is 1. The van der Waals surface area contributed by atoms with Crippen molar-refractivity contribution in [3.63, 3.8) is 0 Å². The molecule has 96 valence electrons. The van der Waals surface area contributed by atoms with Crippen molar-refractivity contribution in [2.75, 3.05) is 6.54 Å². The fraction of sp³-hybridized carbons (Fsp3) is 0.923. The monoisotopic (exact) mass is 228 g/mol. The summed E-state index contributed by atoms with van der Waals surface area (Å²) in [6, 6.07) is 0.168. The van der Waals surface area contributed by atoms with Crippen molar-refractivity contribution in [3.05, 3.63) is 0 Å². The van der Waals surface area contributed by atoms with Gasteiger partial charge in [0.15, 0.2) is 0 Å². The van der Waals surface area contributed by atoms with Gasteiger partial charge in [-0.1, -0.05) is 34.6 Å². The molecule has 2 unspecified atom stereocenters. The Labute approximate surface area is 100 Å². The van der Waals surface area contributed by atoms with Crippen LogP contribution in [-0.2, 0) is 4.79 Å². The fourth-order valence-corrected chi connectivity index (χ4v) is 1.43. The molecular formula is C13H28N2O. The Morgan fingerprint density at radius 2 is 1.75 bits per heavy atom. The minimum atomic E-state index is -0.0511. The SMILES string of the molecule is CC(C)CC(CN)C(=O)NC(C)C(C)(C)C. The summed E-state index contributed by atoms with van der Waals surface area (Å²) in [5, 5.41) is 3.06. The Hall–Kier alpha value is -0.570. The molecule has 0 radical (unpaired) electrons. The molecule has 0 aromatic carbocycles. The summed E-state index contributed by atoms with van der Waals surface area (Å²) >= 11 is 0. The van der Waals surface area contributed by atoms with Crippen LogP contribution < -0.4 is 11.1 Å². The van der Waals surface area contributed by atoms with Crippen LogP contribution in [-0.4, -0.2) is 18.5 Å². The van der Waals surface area contributed by atoms with E-state index < -0.39 is 0 Å². The maximum Gasteiger partial charge on any atom is 0.224 e. The standard InChI is InChI=1S/C13H28N2O/c1-9(2)7-11(8-14)12(16)15-10(3)13(4,5)6/h9-11H,7-8,14H2,1-6H3,(H,15,16). The molecule has 1 amide bonds. The van der Waals surface area contributed by atoms with Crippen molar-refractivity contribution in [1.82, 2.24) is 5.32 Å². The number of hydrogen-bond acceptors (Lipinski definition) is 2. The van der Waals surface area contributed by atoms with E-state index in [1.807, 2.05) is 6.92 Å². The molecule has 0 saturated carbocycles. The first kappa shape index (κ1) is 15.4. The molecular weight excluding hydrogens is 200 g/mol. The van der Waals surface area contributed by atoms with Gasteiger partial charge in [-0.15, -0.1) is 0 Å². The molecule has 0 rings (SSSR count). The second-order valence-electron chi connectivity index (χ2n) is 6.16. The summed E-state index contributed by atoms with van der Waals surface area (Å²) in [6.45, 7) is 13.1. The molecule has 0 aromatic heterocycles. The minimum absolute atomic E-state index is 0.0511. The van der Waals surface area contributed by atoms with Gasteiger partial charge in [0, 0.05) is 12.6 Å². The number of nitrogens with two attached hydrogens (primary N) is 1. The molecule has 0 spiro atoms. The third kappa shape index (κ3) is 5.50. The van der Waals surface area contributed by atoms with E-state index >= 15 is 0 Å². The third-order valence-electron chi connectivity index (χ3n) is 3.07. The van der Waals surface area contributed by atoms with Gasteiger partial charge >= 0.3 is 0 Å². The van der Waals surface area contributed by atoms with Gasteiger partial charge in [-0.2, -0.15) is 0 Å². The number of hydrogen-bond donors (Lipinski definition) is 2. The summed E-state index contributed by atoms with van der Waals surface area (Å²) < 4.78 is 0. The van der Waals surface area contributed by atoms with Crippen LogP contribution in [0.1, 0.15) is 48.0 Å². The first-order valence-electron chi connectivity index (χ1n) is 6.19. The maximum atomic E-state index is 12.0. The molecule has 0 aromatic rings. The van der Waals surface area contributed by atoms with Gasteiger partial charge in [0.05, 0.1) is 5.92 Å². The van der Waals surface area contributed by atoms with Crippen molar-refractivity contribution >= 4 is 5.91 Å². The van der Waals surface area contributed by atoms with E-state index in [9.17, 15) is 4.79 Å². The summed E-state index contributed by atoms with van der Waals surface area (Å²) in [5.74, 6) is 0.549. The molecule has 2 atom stereocenters. The second-order valence-corrected chi connectivity index (χ2v) is 6.16. The molecule has 3 N–H and O–H groups in total. The van der Waals surface area contributed by atoms with Gasteiger partial charge < -0.3 is 11.1 Å². The highest BCUT2D eigenvalue weighted by Crippen LogP contribution is 2.19. The smallest absolute Gasteiger partial charge is 0.224 e. The lowest BCUT2D eigenvalue weighted by Crippen LogP contribution is -2.45. The molecule has 0 aliphatic heterocycles. The lowest BCUT2D eigenvalue weighted by molar-refractivity contribution is -0.126. The van der Waals surface area contributed by atoms with Crippen LogP contribution >= 0.6 is 0 Å². The van der Waals surface area contributed by atoms with Crippen molar-refractivity contribution in [3.8, 4) is 0 Å². The highest BCUT2D eigenvalue weighted by atomic mass is 16.1. The normalized spacial score (nSPS) is 16.0. The van der Waals surface area contributed by atoms with E-state index in [-0.39, 0.29) is 23.3 Å². The van der Waals surface area contributed by atoms with E-state index in [4.69, 9.17) is 5.73 Å². The van der Waals surface area contributed by atoms with Gasteiger partial charge in [-0.3, -0.25) is 4.79 Å². The summed E-state index contributed by atoms with van der Waals surface area (Å²) in [4.78, 5) is 12.0. The predicted molar refractivity (Wildman–Crippen MR) is 69.1 cm³/mol. The Morgan fingerprint density at radius 3 is 2.06 bits per heavy atom. The molecule has 16 heavy (non-hydrogen) atoms. The van der Waals surface area contributed by atoms with Gasteiger partial charge in [0.2, 0.25) is 5.91 Å². The van der Waals surface area contributed by atoms with Crippen LogP contribution in [0.5, 0.6) is 0 Å². The van der Waals surface area contributed by atoms with Crippen molar-refractivity contribution in [2.24, 2.45) is 23.0 Å². The lowest BCUT2D eigenvalue weighted by atomic mass is 9.87. The summed E-state index contributed by atoms with van der Waals surface area (Å²) in [5.41, 5.74) is 5.74. The quantitative estimate of drug-likeness (QED) is 0.757. The van der Waals surface area contributed by atoms with Crippen LogP contribution in [0.3, 0.4) is 0 Å². The zero-order valence-corrected chi connectivity index (χ0v) is 11.6. The first-order chi connectivity index (χ1) is 7.18. The van der Waals surface area contributed by atoms with Crippen molar-refractivity contribution < 1.29 is 4.79 Å². The molecule has 0 heterocycles. The molecule has 0 aliphatic carbocycles.